The minimum atomic E-state index is -0.429. The molecule has 2 N–H and O–H groups in total. The van der Waals surface area contributed by atoms with E-state index in [4.69, 9.17) is 0 Å². The quantitative estimate of drug-likeness (QED) is 0.849. The van der Waals surface area contributed by atoms with Crippen LogP contribution in [0.15, 0.2) is 48.5 Å². The Balaban J connectivity index is 1.78. The molecule has 1 saturated heterocycles. The standard InChI is InChI=1S/C22H26N2O3/c1-15-10-11-18(22(27)24-12-6-9-19(24)13-16(2)25)14-20(15)23-21(26)17-7-4-3-5-8-17/h3-5,7-8,10-11,14,16,19,25H,6,9,12-13H2,1-2H3,(H,23,26)/t16-,19+/m1/s1. The molecule has 0 spiro atoms. The lowest BCUT2D eigenvalue weighted by atomic mass is 10.1. The number of aliphatic hydroxyl groups excluding tert-OH is 1. The largest absolute Gasteiger partial charge is 0.393 e. The topological polar surface area (TPSA) is 69.6 Å². The van der Waals surface area contributed by atoms with Gasteiger partial charge >= 0.3 is 0 Å². The number of hydrogen-bond donors (Lipinski definition) is 2. The average Bonchev–Trinajstić information content (AvgIpc) is 3.11. The van der Waals surface area contributed by atoms with Crippen molar-refractivity contribution in [3.8, 4) is 0 Å². The number of rotatable bonds is 5. The molecule has 27 heavy (non-hydrogen) atoms. The summed E-state index contributed by atoms with van der Waals surface area (Å²) in [6, 6.07) is 14.5. The highest BCUT2D eigenvalue weighted by Gasteiger charge is 2.30. The molecule has 2 atom stereocenters. The molecule has 2 aromatic rings. The second kappa shape index (κ2) is 8.35. The molecule has 2 aromatic carbocycles. The molecule has 0 aromatic heterocycles. The van der Waals surface area contributed by atoms with Crippen LogP contribution in [0, 0.1) is 6.92 Å². The summed E-state index contributed by atoms with van der Waals surface area (Å²) >= 11 is 0. The number of aliphatic hydroxyl groups is 1. The third kappa shape index (κ3) is 4.55. The number of hydrogen-bond acceptors (Lipinski definition) is 3. The van der Waals surface area contributed by atoms with Crippen LogP contribution in [0.3, 0.4) is 0 Å². The molecule has 1 aliphatic heterocycles. The monoisotopic (exact) mass is 366 g/mol. The van der Waals surface area contributed by atoms with Gasteiger partial charge in [-0.2, -0.15) is 0 Å². The van der Waals surface area contributed by atoms with Gasteiger partial charge < -0.3 is 15.3 Å². The normalized spacial score (nSPS) is 17.6. The predicted molar refractivity (Wildman–Crippen MR) is 106 cm³/mol. The molecule has 2 amide bonds. The summed E-state index contributed by atoms with van der Waals surface area (Å²) in [7, 11) is 0. The zero-order valence-electron chi connectivity index (χ0n) is 15.8. The van der Waals surface area contributed by atoms with Crippen molar-refractivity contribution in [2.24, 2.45) is 0 Å². The Hall–Kier alpha value is -2.66. The maximum absolute atomic E-state index is 13.0. The van der Waals surface area contributed by atoms with E-state index in [0.717, 1.165) is 18.4 Å². The van der Waals surface area contributed by atoms with Crippen molar-refractivity contribution in [2.75, 3.05) is 11.9 Å². The van der Waals surface area contributed by atoms with Gasteiger partial charge in [0, 0.05) is 29.4 Å². The van der Waals surface area contributed by atoms with E-state index in [1.54, 1.807) is 31.2 Å². The molecule has 142 valence electrons. The number of benzene rings is 2. The SMILES string of the molecule is Cc1ccc(C(=O)N2CCC[C@H]2C[C@@H](C)O)cc1NC(=O)c1ccccc1. The van der Waals surface area contributed by atoms with Gasteiger partial charge in [0.05, 0.1) is 6.10 Å². The summed E-state index contributed by atoms with van der Waals surface area (Å²) in [5.74, 6) is -0.246. The zero-order chi connectivity index (χ0) is 19.4. The number of likely N-dealkylation sites (tertiary alicyclic amines) is 1. The van der Waals surface area contributed by atoms with Crippen molar-refractivity contribution in [2.45, 2.75) is 45.3 Å². The lowest BCUT2D eigenvalue weighted by Gasteiger charge is -2.26. The van der Waals surface area contributed by atoms with Gasteiger partial charge in [-0.15, -0.1) is 0 Å². The van der Waals surface area contributed by atoms with Crippen LogP contribution in [0.25, 0.3) is 0 Å². The molecule has 0 bridgehead atoms. The van der Waals surface area contributed by atoms with Gasteiger partial charge in [0.25, 0.3) is 11.8 Å². The van der Waals surface area contributed by atoms with E-state index < -0.39 is 6.10 Å². The van der Waals surface area contributed by atoms with Crippen molar-refractivity contribution in [1.29, 1.82) is 0 Å². The van der Waals surface area contributed by atoms with Gasteiger partial charge in [-0.25, -0.2) is 0 Å². The van der Waals surface area contributed by atoms with Crippen LogP contribution in [0.1, 0.15) is 52.5 Å². The zero-order valence-corrected chi connectivity index (χ0v) is 15.8. The Morgan fingerprint density at radius 2 is 1.93 bits per heavy atom. The van der Waals surface area contributed by atoms with Gasteiger partial charge in [0.1, 0.15) is 0 Å². The van der Waals surface area contributed by atoms with E-state index in [9.17, 15) is 14.7 Å². The second-order valence-electron chi connectivity index (χ2n) is 7.23. The van der Waals surface area contributed by atoms with Crippen LogP contribution in [-0.4, -0.2) is 40.5 Å². The molecular formula is C22H26N2O3. The number of aryl methyl sites for hydroxylation is 1. The summed E-state index contributed by atoms with van der Waals surface area (Å²) in [5, 5.41) is 12.6. The molecule has 1 heterocycles. The second-order valence-corrected chi connectivity index (χ2v) is 7.23. The molecule has 5 heteroatoms. The van der Waals surface area contributed by atoms with Gasteiger partial charge in [-0.1, -0.05) is 24.3 Å². The molecule has 1 aliphatic rings. The number of nitrogens with one attached hydrogen (secondary N) is 1. The Morgan fingerprint density at radius 1 is 1.19 bits per heavy atom. The maximum Gasteiger partial charge on any atom is 0.255 e. The Kier molecular flexibility index (Phi) is 5.91. The Labute approximate surface area is 160 Å². The molecule has 5 nitrogen and oxygen atoms in total. The van der Waals surface area contributed by atoms with Crippen LogP contribution < -0.4 is 5.32 Å². The van der Waals surface area contributed by atoms with E-state index >= 15 is 0 Å². The molecule has 1 fully saturated rings. The first-order valence-corrected chi connectivity index (χ1v) is 9.42. The molecular weight excluding hydrogens is 340 g/mol. The number of amides is 2. The molecule has 0 radical (unpaired) electrons. The number of anilines is 1. The average molecular weight is 366 g/mol. The van der Waals surface area contributed by atoms with Crippen molar-refractivity contribution >= 4 is 17.5 Å². The highest BCUT2D eigenvalue weighted by molar-refractivity contribution is 6.05. The van der Waals surface area contributed by atoms with Gasteiger partial charge in [-0.05, 0) is 62.9 Å². The minimum absolute atomic E-state index is 0.0478. The lowest BCUT2D eigenvalue weighted by Crippen LogP contribution is -2.37. The Bertz CT molecular complexity index is 818. The third-order valence-electron chi connectivity index (χ3n) is 5.02. The molecule has 3 rings (SSSR count). The lowest BCUT2D eigenvalue weighted by molar-refractivity contribution is 0.0681. The predicted octanol–water partition coefficient (Wildman–Crippen LogP) is 3.62. The van der Waals surface area contributed by atoms with Crippen LogP contribution in [0.2, 0.25) is 0 Å². The van der Waals surface area contributed by atoms with Crippen LogP contribution in [0.4, 0.5) is 5.69 Å². The van der Waals surface area contributed by atoms with Crippen LogP contribution in [-0.2, 0) is 0 Å². The summed E-state index contributed by atoms with van der Waals surface area (Å²) < 4.78 is 0. The fourth-order valence-electron chi connectivity index (χ4n) is 3.58. The summed E-state index contributed by atoms with van der Waals surface area (Å²) in [5.41, 5.74) is 2.67. The molecule has 0 unspecified atom stereocenters. The highest BCUT2D eigenvalue weighted by atomic mass is 16.3. The van der Waals surface area contributed by atoms with Crippen LogP contribution in [0.5, 0.6) is 0 Å². The summed E-state index contributed by atoms with van der Waals surface area (Å²) in [4.78, 5) is 27.3. The van der Waals surface area contributed by atoms with Crippen molar-refractivity contribution in [3.05, 3.63) is 65.2 Å². The van der Waals surface area contributed by atoms with Crippen LogP contribution >= 0.6 is 0 Å². The van der Waals surface area contributed by atoms with Gasteiger partial charge in [-0.3, -0.25) is 9.59 Å². The fourth-order valence-corrected chi connectivity index (χ4v) is 3.58. The maximum atomic E-state index is 13.0. The first-order valence-electron chi connectivity index (χ1n) is 9.42. The van der Waals surface area contributed by atoms with E-state index in [1.165, 1.54) is 0 Å². The fraction of sp³-hybridized carbons (Fsp3) is 0.364. The highest BCUT2D eigenvalue weighted by Crippen LogP contribution is 2.25. The van der Waals surface area contributed by atoms with Crippen molar-refractivity contribution in [1.82, 2.24) is 4.90 Å². The van der Waals surface area contributed by atoms with Crippen molar-refractivity contribution < 1.29 is 14.7 Å². The first kappa shape index (κ1) is 19.1. The van der Waals surface area contributed by atoms with Gasteiger partial charge in [0.15, 0.2) is 0 Å². The van der Waals surface area contributed by atoms with E-state index in [2.05, 4.69) is 5.32 Å². The molecule has 0 saturated carbocycles. The summed E-state index contributed by atoms with van der Waals surface area (Å²) in [6.07, 6.45) is 2.03. The van der Waals surface area contributed by atoms with E-state index in [0.29, 0.717) is 29.8 Å². The molecule has 0 aliphatic carbocycles. The van der Waals surface area contributed by atoms with E-state index in [1.807, 2.05) is 36.1 Å². The van der Waals surface area contributed by atoms with Crippen molar-refractivity contribution in [3.63, 3.8) is 0 Å². The Morgan fingerprint density at radius 3 is 2.63 bits per heavy atom. The number of nitrogens with zero attached hydrogens (tertiary/aromatic N) is 1. The van der Waals surface area contributed by atoms with Gasteiger partial charge in [0.2, 0.25) is 0 Å². The number of carbonyl (C=O) groups excluding carboxylic acids is 2. The minimum Gasteiger partial charge on any atom is -0.393 e. The summed E-state index contributed by atoms with van der Waals surface area (Å²) in [6.45, 7) is 4.36. The smallest absolute Gasteiger partial charge is 0.255 e. The first-order chi connectivity index (χ1) is 13.0. The number of carbonyl (C=O) groups is 2. The van der Waals surface area contributed by atoms with E-state index in [-0.39, 0.29) is 17.9 Å². The third-order valence-corrected chi connectivity index (χ3v) is 5.02.